The molecule has 1 saturated carbocycles. The lowest BCUT2D eigenvalue weighted by Gasteiger charge is -2.33. The van der Waals surface area contributed by atoms with E-state index < -0.39 is 5.92 Å². The van der Waals surface area contributed by atoms with E-state index in [-0.39, 0.29) is 24.8 Å². The molecule has 1 N–H and O–H groups in total. The van der Waals surface area contributed by atoms with Crippen molar-refractivity contribution in [3.63, 3.8) is 0 Å². The van der Waals surface area contributed by atoms with Crippen LogP contribution in [0.2, 0.25) is 10.0 Å². The van der Waals surface area contributed by atoms with Gasteiger partial charge >= 0.3 is 0 Å². The lowest BCUT2D eigenvalue weighted by Crippen LogP contribution is -2.39. The third-order valence-electron chi connectivity index (χ3n) is 4.14. The van der Waals surface area contributed by atoms with Crippen LogP contribution in [0.4, 0.5) is 8.78 Å². The monoisotopic (exact) mass is 321 g/mol. The van der Waals surface area contributed by atoms with Gasteiger partial charge in [-0.05, 0) is 49.9 Å². The largest absolute Gasteiger partial charge is 0.316 e. The smallest absolute Gasteiger partial charge is 0.248 e. The summed E-state index contributed by atoms with van der Waals surface area (Å²) >= 11 is 11.9. The first kappa shape index (κ1) is 16.0. The number of halogens is 4. The quantitative estimate of drug-likeness (QED) is 0.827. The minimum Gasteiger partial charge on any atom is -0.316 e. The summed E-state index contributed by atoms with van der Waals surface area (Å²) in [6, 6.07) is 5.77. The van der Waals surface area contributed by atoms with Crippen LogP contribution in [-0.2, 0) is 6.42 Å². The van der Waals surface area contributed by atoms with Crippen molar-refractivity contribution in [2.24, 2.45) is 5.92 Å². The standard InChI is InChI=1S/C15H19Cl2F2N/c1-20-14(11-4-6-15(18,19)7-5-11)9-10-2-3-12(16)13(17)8-10/h2-3,8,11,14,20H,4-7,9H2,1H3. The number of benzene rings is 1. The lowest BCUT2D eigenvalue weighted by molar-refractivity contribution is -0.0492. The van der Waals surface area contributed by atoms with E-state index in [2.05, 4.69) is 5.32 Å². The Balaban J connectivity index is 2.00. The first-order chi connectivity index (χ1) is 9.41. The summed E-state index contributed by atoms with van der Waals surface area (Å²) in [6.07, 6.45) is 1.91. The molecule has 0 aromatic heterocycles. The molecule has 1 aromatic carbocycles. The van der Waals surface area contributed by atoms with Crippen molar-refractivity contribution in [2.75, 3.05) is 7.05 Å². The molecular formula is C15H19Cl2F2N. The first-order valence-electron chi connectivity index (χ1n) is 6.90. The minimum atomic E-state index is -2.47. The van der Waals surface area contributed by atoms with Gasteiger partial charge in [0.2, 0.25) is 5.92 Å². The SMILES string of the molecule is CNC(Cc1ccc(Cl)c(Cl)c1)C1CCC(F)(F)CC1. The Labute approximate surface area is 128 Å². The van der Waals surface area contributed by atoms with Crippen LogP contribution in [0.15, 0.2) is 18.2 Å². The van der Waals surface area contributed by atoms with Gasteiger partial charge in [-0.15, -0.1) is 0 Å². The van der Waals surface area contributed by atoms with Crippen LogP contribution < -0.4 is 5.32 Å². The van der Waals surface area contributed by atoms with Crippen molar-refractivity contribution in [3.05, 3.63) is 33.8 Å². The molecule has 20 heavy (non-hydrogen) atoms. The van der Waals surface area contributed by atoms with Crippen LogP contribution in [0.3, 0.4) is 0 Å². The van der Waals surface area contributed by atoms with Crippen LogP contribution in [0.5, 0.6) is 0 Å². The van der Waals surface area contributed by atoms with E-state index in [1.807, 2.05) is 19.2 Å². The third-order valence-corrected chi connectivity index (χ3v) is 4.88. The molecule has 5 heteroatoms. The molecule has 2 rings (SSSR count). The molecule has 0 spiro atoms. The average Bonchev–Trinajstić information content (AvgIpc) is 2.40. The number of nitrogens with one attached hydrogen (secondary N) is 1. The molecule has 0 amide bonds. The number of alkyl halides is 2. The zero-order valence-corrected chi connectivity index (χ0v) is 12.9. The Morgan fingerprint density at radius 1 is 1.25 bits per heavy atom. The number of hydrogen-bond acceptors (Lipinski definition) is 1. The van der Waals surface area contributed by atoms with Crippen molar-refractivity contribution in [1.29, 1.82) is 0 Å². The van der Waals surface area contributed by atoms with Crippen molar-refractivity contribution in [3.8, 4) is 0 Å². The van der Waals surface area contributed by atoms with Crippen molar-refractivity contribution in [1.82, 2.24) is 5.32 Å². The minimum absolute atomic E-state index is 0.00276. The summed E-state index contributed by atoms with van der Waals surface area (Å²) in [6.45, 7) is 0. The van der Waals surface area contributed by atoms with Crippen LogP contribution in [0, 0.1) is 5.92 Å². The molecule has 0 heterocycles. The van der Waals surface area contributed by atoms with Gasteiger partial charge in [0.05, 0.1) is 10.0 Å². The summed E-state index contributed by atoms with van der Waals surface area (Å²) in [5.74, 6) is -2.19. The molecule has 0 bridgehead atoms. The Morgan fingerprint density at radius 2 is 1.90 bits per heavy atom. The number of hydrogen-bond donors (Lipinski definition) is 1. The molecule has 0 saturated heterocycles. The van der Waals surface area contributed by atoms with Crippen molar-refractivity contribution < 1.29 is 8.78 Å². The van der Waals surface area contributed by atoms with Crippen LogP contribution in [0.1, 0.15) is 31.2 Å². The second-order valence-electron chi connectivity index (χ2n) is 5.54. The predicted molar refractivity (Wildman–Crippen MR) is 79.9 cm³/mol. The topological polar surface area (TPSA) is 12.0 Å². The Morgan fingerprint density at radius 3 is 2.45 bits per heavy atom. The first-order valence-corrected chi connectivity index (χ1v) is 7.66. The summed E-state index contributed by atoms with van der Waals surface area (Å²) in [7, 11) is 1.88. The summed E-state index contributed by atoms with van der Waals surface area (Å²) in [5, 5.41) is 4.33. The number of likely N-dealkylation sites (N-methyl/N-ethyl adjacent to an activating group) is 1. The van der Waals surface area contributed by atoms with Gasteiger partial charge in [0.25, 0.3) is 0 Å². The molecule has 1 aliphatic carbocycles. The Kier molecular flexibility index (Phi) is 5.27. The van der Waals surface area contributed by atoms with Gasteiger partial charge in [-0.2, -0.15) is 0 Å². The van der Waals surface area contributed by atoms with Crippen LogP contribution >= 0.6 is 23.2 Å². The van der Waals surface area contributed by atoms with Gasteiger partial charge in [0.15, 0.2) is 0 Å². The molecule has 0 radical (unpaired) electrons. The highest BCUT2D eigenvalue weighted by atomic mass is 35.5. The van der Waals surface area contributed by atoms with Gasteiger partial charge < -0.3 is 5.32 Å². The predicted octanol–water partition coefficient (Wildman–Crippen LogP) is 4.95. The van der Waals surface area contributed by atoms with Crippen LogP contribution in [-0.4, -0.2) is 19.0 Å². The average molecular weight is 322 g/mol. The fraction of sp³-hybridized carbons (Fsp3) is 0.600. The molecular weight excluding hydrogens is 303 g/mol. The highest BCUT2D eigenvalue weighted by molar-refractivity contribution is 6.42. The zero-order valence-electron chi connectivity index (χ0n) is 11.4. The normalized spacial score (nSPS) is 20.9. The maximum Gasteiger partial charge on any atom is 0.248 e. The van der Waals surface area contributed by atoms with E-state index >= 15 is 0 Å². The fourth-order valence-electron chi connectivity index (χ4n) is 2.89. The highest BCUT2D eigenvalue weighted by Gasteiger charge is 2.37. The van der Waals surface area contributed by atoms with E-state index in [4.69, 9.17) is 23.2 Å². The molecule has 1 unspecified atom stereocenters. The van der Waals surface area contributed by atoms with E-state index in [1.165, 1.54) is 0 Å². The van der Waals surface area contributed by atoms with Crippen molar-refractivity contribution in [2.45, 2.75) is 44.1 Å². The zero-order chi connectivity index (χ0) is 14.8. The second kappa shape index (κ2) is 6.59. The molecule has 1 fully saturated rings. The molecule has 1 aromatic rings. The maximum absolute atomic E-state index is 13.2. The number of rotatable bonds is 4. The summed E-state index contributed by atoms with van der Waals surface area (Å²) in [4.78, 5) is 0. The Bertz CT molecular complexity index is 455. The maximum atomic E-state index is 13.2. The molecule has 1 atom stereocenters. The highest BCUT2D eigenvalue weighted by Crippen LogP contribution is 2.38. The summed E-state index contributed by atoms with van der Waals surface area (Å²) < 4.78 is 26.4. The van der Waals surface area contributed by atoms with E-state index in [9.17, 15) is 8.78 Å². The van der Waals surface area contributed by atoms with Gasteiger partial charge in [0, 0.05) is 18.9 Å². The second-order valence-corrected chi connectivity index (χ2v) is 6.36. The molecule has 112 valence electrons. The van der Waals surface area contributed by atoms with Gasteiger partial charge in [-0.3, -0.25) is 0 Å². The van der Waals surface area contributed by atoms with Gasteiger partial charge in [0.1, 0.15) is 0 Å². The van der Waals surface area contributed by atoms with E-state index in [1.54, 1.807) is 6.07 Å². The van der Waals surface area contributed by atoms with Gasteiger partial charge in [-0.25, -0.2) is 8.78 Å². The van der Waals surface area contributed by atoms with Crippen LogP contribution in [0.25, 0.3) is 0 Å². The fourth-order valence-corrected chi connectivity index (χ4v) is 3.21. The Hall–Kier alpha value is -0.380. The van der Waals surface area contributed by atoms with E-state index in [0.29, 0.717) is 22.9 Å². The van der Waals surface area contributed by atoms with E-state index in [0.717, 1.165) is 12.0 Å². The van der Waals surface area contributed by atoms with Gasteiger partial charge in [-0.1, -0.05) is 29.3 Å². The summed E-state index contributed by atoms with van der Waals surface area (Å²) in [5.41, 5.74) is 1.08. The van der Waals surface area contributed by atoms with Crippen molar-refractivity contribution >= 4 is 23.2 Å². The molecule has 1 aliphatic rings. The third kappa shape index (κ3) is 4.06. The lowest BCUT2D eigenvalue weighted by atomic mass is 9.80. The molecule has 0 aliphatic heterocycles. The molecule has 1 nitrogen and oxygen atoms in total.